The van der Waals surface area contributed by atoms with Crippen molar-refractivity contribution in [3.63, 3.8) is 0 Å². The van der Waals surface area contributed by atoms with Gasteiger partial charge in [0.15, 0.2) is 0 Å². The third kappa shape index (κ3) is 20.1. The van der Waals surface area contributed by atoms with Crippen molar-refractivity contribution in [2.45, 2.75) is 111 Å². The van der Waals surface area contributed by atoms with Gasteiger partial charge in [0, 0.05) is 61.2 Å². The molecule has 0 fully saturated rings. The van der Waals surface area contributed by atoms with Crippen LogP contribution < -0.4 is 25.2 Å². The first-order valence-corrected chi connectivity index (χ1v) is 22.8. The van der Waals surface area contributed by atoms with Crippen molar-refractivity contribution in [1.82, 2.24) is 0 Å². The van der Waals surface area contributed by atoms with E-state index >= 15 is 0 Å². The van der Waals surface area contributed by atoms with Crippen LogP contribution in [0.1, 0.15) is 109 Å². The number of nitrogens with zero attached hydrogens (tertiary/aromatic N) is 4. The summed E-state index contributed by atoms with van der Waals surface area (Å²) < 4.78 is 23.2. The summed E-state index contributed by atoms with van der Waals surface area (Å²) in [7, 11) is 0. The van der Waals surface area contributed by atoms with Gasteiger partial charge in [-0.1, -0.05) is 84.6 Å². The number of ether oxygens (including phenoxy) is 4. The average Bonchev–Trinajstić information content (AvgIpc) is 3.25. The second-order valence-corrected chi connectivity index (χ2v) is 15.5. The fourth-order valence-electron chi connectivity index (χ4n) is 6.33. The quantitative estimate of drug-likeness (QED) is 0.0113. The number of halogens is 2. The van der Waals surface area contributed by atoms with E-state index in [1.165, 1.54) is 94.9 Å². The van der Waals surface area contributed by atoms with Gasteiger partial charge in [0.2, 0.25) is 0 Å². The maximum Gasteiger partial charge on any atom is 0.307 e. The molecular formula is C46H66Cl2N6O7. The van der Waals surface area contributed by atoms with Crippen molar-refractivity contribution in [3.05, 3.63) is 82.6 Å². The molecular weight excluding hydrogens is 819 g/mol. The third-order valence-electron chi connectivity index (χ3n) is 9.78. The Hall–Kier alpha value is -4.75. The molecule has 0 saturated heterocycles. The van der Waals surface area contributed by atoms with Crippen molar-refractivity contribution in [1.29, 1.82) is 0 Å². The van der Waals surface area contributed by atoms with Gasteiger partial charge in [-0.2, -0.15) is 5.11 Å². The van der Waals surface area contributed by atoms with Crippen LogP contribution >= 0.6 is 23.2 Å². The molecule has 2 N–H and O–H groups in total. The van der Waals surface area contributed by atoms with Crippen LogP contribution in [0.2, 0.25) is 0 Å². The second kappa shape index (κ2) is 30.3. The number of non-ortho nitro benzene ring substituents is 1. The van der Waals surface area contributed by atoms with Gasteiger partial charge in [-0.15, -0.1) is 28.3 Å². The van der Waals surface area contributed by atoms with Crippen LogP contribution in [0.3, 0.4) is 0 Å². The Morgan fingerprint density at radius 2 is 1.31 bits per heavy atom. The van der Waals surface area contributed by atoms with Gasteiger partial charge in [0.25, 0.3) is 5.69 Å². The Labute approximate surface area is 372 Å². The largest absolute Gasteiger partial charge is 0.495 e. The average molecular weight is 886 g/mol. The number of carbonyl (C=O) groups excluding carboxylic acids is 1. The van der Waals surface area contributed by atoms with Crippen LogP contribution in [0.4, 0.5) is 34.1 Å². The molecule has 0 bridgehead atoms. The maximum absolute atomic E-state index is 11.9. The van der Waals surface area contributed by atoms with E-state index in [4.69, 9.17) is 47.3 Å². The standard InChI is InChI=1S/C46H66Cl2N6O7/c1-5-7-9-11-13-15-27-53(28-16-14-12-10-8-6-2)40-21-22-41(36(3)33-40)50-52-43-35-44(60-31-32-61-46(55)24-26-48)42(34-45(43)59-30-29-58-37(4)23-25-47)51-49-38-17-19-39(20-18-38)54(56)57/h17-22,33-35,49,51H,4-16,23-32H2,1-3H3/b52-50+. The Morgan fingerprint density at radius 3 is 1.92 bits per heavy atom. The number of anilines is 3. The Bertz CT molecular complexity index is 1760. The highest BCUT2D eigenvalue weighted by Gasteiger charge is 2.16. The number of hydrazine groups is 1. The second-order valence-electron chi connectivity index (χ2n) is 14.7. The molecule has 0 aliphatic carbocycles. The molecule has 0 aliphatic heterocycles. The van der Waals surface area contributed by atoms with Crippen molar-refractivity contribution in [2.24, 2.45) is 10.2 Å². The topological polar surface area (TPSA) is 149 Å². The minimum Gasteiger partial charge on any atom is -0.495 e. The number of esters is 1. The van der Waals surface area contributed by atoms with Crippen LogP contribution in [0.15, 0.2) is 77.2 Å². The number of carbonyl (C=O) groups is 1. The zero-order valence-corrected chi connectivity index (χ0v) is 37.9. The molecule has 0 heterocycles. The number of allylic oxidation sites excluding steroid dienone is 1. The number of azo groups is 1. The number of alkyl halides is 2. The van der Waals surface area contributed by atoms with Gasteiger partial charge in [0.1, 0.15) is 43.6 Å². The number of nitrogens with one attached hydrogen (secondary N) is 2. The van der Waals surface area contributed by atoms with Crippen LogP contribution in [0.5, 0.6) is 11.5 Å². The van der Waals surface area contributed by atoms with E-state index in [1.54, 1.807) is 24.3 Å². The van der Waals surface area contributed by atoms with Gasteiger partial charge in [-0.3, -0.25) is 20.3 Å². The molecule has 3 rings (SSSR count). The summed E-state index contributed by atoms with van der Waals surface area (Å²) in [5.74, 6) is 1.40. The molecule has 0 aliphatic rings. The lowest BCUT2D eigenvalue weighted by molar-refractivity contribution is -0.384. The highest BCUT2D eigenvalue weighted by atomic mass is 35.5. The van der Waals surface area contributed by atoms with Crippen molar-refractivity contribution in [3.8, 4) is 11.5 Å². The molecule has 0 aromatic heterocycles. The summed E-state index contributed by atoms with van der Waals surface area (Å²) in [6, 6.07) is 15.7. The predicted molar refractivity (Wildman–Crippen MR) is 249 cm³/mol. The van der Waals surface area contributed by atoms with E-state index < -0.39 is 10.9 Å². The zero-order chi connectivity index (χ0) is 44.1. The first-order valence-electron chi connectivity index (χ1n) is 21.7. The van der Waals surface area contributed by atoms with Gasteiger partial charge >= 0.3 is 5.97 Å². The summed E-state index contributed by atoms with van der Waals surface area (Å²) in [6.07, 6.45) is 15.7. The van der Waals surface area contributed by atoms with E-state index in [2.05, 4.69) is 53.4 Å². The van der Waals surface area contributed by atoms with Crippen LogP contribution in [-0.4, -0.2) is 62.2 Å². The minimum absolute atomic E-state index is 0.0101. The summed E-state index contributed by atoms with van der Waals surface area (Å²) in [6.45, 7) is 12.9. The number of unbranched alkanes of at least 4 members (excludes halogenated alkanes) is 10. The fourth-order valence-corrected chi connectivity index (χ4v) is 6.70. The summed E-state index contributed by atoms with van der Waals surface area (Å²) in [4.78, 5) is 25.2. The van der Waals surface area contributed by atoms with Gasteiger partial charge in [-0.05, 0) is 55.7 Å². The maximum atomic E-state index is 11.9. The normalized spacial score (nSPS) is 11.0. The van der Waals surface area contributed by atoms with Gasteiger partial charge in [0.05, 0.1) is 34.2 Å². The van der Waals surface area contributed by atoms with E-state index in [9.17, 15) is 14.9 Å². The lowest BCUT2D eigenvalue weighted by Crippen LogP contribution is -2.25. The van der Waals surface area contributed by atoms with Gasteiger partial charge < -0.3 is 29.3 Å². The zero-order valence-electron chi connectivity index (χ0n) is 36.4. The number of nitro groups is 1. The Balaban J connectivity index is 1.91. The highest BCUT2D eigenvalue weighted by molar-refractivity contribution is 6.18. The van der Waals surface area contributed by atoms with E-state index in [-0.39, 0.29) is 44.4 Å². The molecule has 61 heavy (non-hydrogen) atoms. The van der Waals surface area contributed by atoms with E-state index in [0.717, 1.165) is 18.7 Å². The van der Waals surface area contributed by atoms with Crippen molar-refractivity contribution in [2.75, 3.05) is 67.0 Å². The fraction of sp³-hybridized carbons (Fsp3) is 0.543. The molecule has 3 aromatic rings. The van der Waals surface area contributed by atoms with Crippen molar-refractivity contribution >= 4 is 63.3 Å². The number of benzene rings is 3. The summed E-state index contributed by atoms with van der Waals surface area (Å²) in [5.41, 5.74) is 10.4. The Kier molecular flexibility index (Phi) is 25.1. The summed E-state index contributed by atoms with van der Waals surface area (Å²) in [5, 5.41) is 20.6. The first-order chi connectivity index (χ1) is 29.7. The molecule has 336 valence electrons. The van der Waals surface area contributed by atoms with E-state index in [0.29, 0.717) is 52.3 Å². The predicted octanol–water partition coefficient (Wildman–Crippen LogP) is 13.4. The number of aryl methyl sites for hydroxylation is 1. The molecule has 0 unspecified atom stereocenters. The minimum atomic E-state index is -0.465. The lowest BCUT2D eigenvalue weighted by Gasteiger charge is -2.26. The number of nitro benzene ring substituents is 1. The molecule has 3 aromatic carbocycles. The van der Waals surface area contributed by atoms with Gasteiger partial charge in [-0.25, -0.2) is 0 Å². The SMILES string of the molecule is C=C(CCCl)OCCOc1cc(NNc2ccc([N+](=O)[O-])cc2)c(OCCOC(=O)CCCl)cc1/N=N/c1ccc(N(CCCCCCCC)CCCCCCCC)cc1C. The molecule has 0 spiro atoms. The molecule has 0 radical (unpaired) electrons. The van der Waals surface area contributed by atoms with E-state index in [1.807, 2.05) is 13.0 Å². The Morgan fingerprint density at radius 1 is 0.721 bits per heavy atom. The number of hydrogen-bond acceptors (Lipinski definition) is 12. The summed E-state index contributed by atoms with van der Waals surface area (Å²) >= 11 is 11.5. The smallest absolute Gasteiger partial charge is 0.307 e. The van der Waals surface area contributed by atoms with Crippen LogP contribution in [-0.2, 0) is 14.3 Å². The molecule has 0 amide bonds. The number of rotatable bonds is 34. The highest BCUT2D eigenvalue weighted by Crippen LogP contribution is 2.40. The molecule has 0 saturated carbocycles. The lowest BCUT2D eigenvalue weighted by atomic mass is 10.1. The molecule has 0 atom stereocenters. The van der Waals surface area contributed by atoms with Crippen LogP contribution in [0.25, 0.3) is 0 Å². The molecule has 13 nitrogen and oxygen atoms in total. The first kappa shape index (κ1) is 50.6. The van der Waals surface area contributed by atoms with Crippen LogP contribution in [0, 0.1) is 17.0 Å². The number of hydrogen-bond donors (Lipinski definition) is 2. The molecule has 15 heteroatoms. The van der Waals surface area contributed by atoms with Crippen molar-refractivity contribution < 1.29 is 28.7 Å². The monoisotopic (exact) mass is 884 g/mol. The third-order valence-corrected chi connectivity index (χ3v) is 10.2.